The molecule has 0 unspecified atom stereocenters. The SMILES string of the molecule is NNC(=O)c1cnccc1C(=O)O. The van der Waals surface area contributed by atoms with Crippen LogP contribution in [0.15, 0.2) is 18.5 Å². The van der Waals surface area contributed by atoms with Gasteiger partial charge in [-0.15, -0.1) is 0 Å². The van der Waals surface area contributed by atoms with Crippen LogP contribution < -0.4 is 11.3 Å². The third kappa shape index (κ3) is 1.79. The van der Waals surface area contributed by atoms with Crippen LogP contribution in [0.3, 0.4) is 0 Å². The Balaban J connectivity index is 3.19. The van der Waals surface area contributed by atoms with E-state index < -0.39 is 11.9 Å². The number of nitrogens with two attached hydrogens (primary N) is 1. The average Bonchev–Trinajstić information content (AvgIpc) is 2.16. The number of hydrogen-bond donors (Lipinski definition) is 3. The maximum Gasteiger partial charge on any atom is 0.336 e. The van der Waals surface area contributed by atoms with Gasteiger partial charge >= 0.3 is 5.97 Å². The van der Waals surface area contributed by atoms with Gasteiger partial charge in [0.1, 0.15) is 0 Å². The lowest BCUT2D eigenvalue weighted by atomic mass is 10.1. The molecule has 6 heteroatoms. The molecule has 1 aromatic heterocycles. The predicted octanol–water partition coefficient (Wildman–Crippen LogP) is -0.617. The lowest BCUT2D eigenvalue weighted by Crippen LogP contribution is -2.31. The molecule has 0 atom stereocenters. The van der Waals surface area contributed by atoms with E-state index in [1.54, 1.807) is 0 Å². The molecule has 1 aromatic rings. The Hall–Kier alpha value is -1.95. The van der Waals surface area contributed by atoms with E-state index in [9.17, 15) is 9.59 Å². The molecule has 68 valence electrons. The number of rotatable bonds is 2. The summed E-state index contributed by atoms with van der Waals surface area (Å²) < 4.78 is 0. The highest BCUT2D eigenvalue weighted by atomic mass is 16.4. The van der Waals surface area contributed by atoms with Gasteiger partial charge in [0.2, 0.25) is 0 Å². The van der Waals surface area contributed by atoms with Gasteiger partial charge in [-0.1, -0.05) is 0 Å². The monoisotopic (exact) mass is 181 g/mol. The van der Waals surface area contributed by atoms with Crippen molar-refractivity contribution in [3.8, 4) is 0 Å². The Morgan fingerprint density at radius 3 is 2.69 bits per heavy atom. The third-order valence-corrected chi connectivity index (χ3v) is 1.43. The van der Waals surface area contributed by atoms with Gasteiger partial charge in [-0.3, -0.25) is 15.2 Å². The van der Waals surface area contributed by atoms with E-state index in [0.717, 1.165) is 6.20 Å². The molecule has 13 heavy (non-hydrogen) atoms. The van der Waals surface area contributed by atoms with Gasteiger partial charge in [0.05, 0.1) is 11.1 Å². The molecule has 4 N–H and O–H groups in total. The molecule has 0 saturated heterocycles. The van der Waals surface area contributed by atoms with Crippen LogP contribution in [0.1, 0.15) is 20.7 Å². The van der Waals surface area contributed by atoms with Crippen molar-refractivity contribution < 1.29 is 14.7 Å². The van der Waals surface area contributed by atoms with Gasteiger partial charge in [0.15, 0.2) is 0 Å². The second-order valence-corrected chi connectivity index (χ2v) is 2.20. The lowest BCUT2D eigenvalue weighted by molar-refractivity contribution is 0.0691. The number of aromatic carboxylic acids is 1. The highest BCUT2D eigenvalue weighted by molar-refractivity contribution is 6.04. The van der Waals surface area contributed by atoms with Gasteiger partial charge in [0.25, 0.3) is 5.91 Å². The van der Waals surface area contributed by atoms with Crippen molar-refractivity contribution in [3.63, 3.8) is 0 Å². The second kappa shape index (κ2) is 3.63. The number of hydrogen-bond acceptors (Lipinski definition) is 4. The van der Waals surface area contributed by atoms with Crippen molar-refractivity contribution in [2.45, 2.75) is 0 Å². The molecule has 0 fully saturated rings. The molecule has 0 spiro atoms. The van der Waals surface area contributed by atoms with Crippen molar-refractivity contribution in [2.24, 2.45) is 5.84 Å². The first-order valence-corrected chi connectivity index (χ1v) is 3.35. The number of nitrogen functional groups attached to an aromatic ring is 1. The van der Waals surface area contributed by atoms with E-state index in [0.29, 0.717) is 0 Å². The van der Waals surface area contributed by atoms with Gasteiger partial charge in [-0.2, -0.15) is 0 Å². The molecule has 0 saturated carbocycles. The van der Waals surface area contributed by atoms with E-state index in [1.807, 2.05) is 5.43 Å². The van der Waals surface area contributed by atoms with Gasteiger partial charge in [0, 0.05) is 12.4 Å². The van der Waals surface area contributed by atoms with E-state index in [-0.39, 0.29) is 11.1 Å². The maximum atomic E-state index is 11.0. The maximum absolute atomic E-state index is 11.0. The molecular weight excluding hydrogens is 174 g/mol. The van der Waals surface area contributed by atoms with E-state index in [1.165, 1.54) is 12.3 Å². The molecule has 0 aliphatic carbocycles. The molecular formula is C7H7N3O3. The third-order valence-electron chi connectivity index (χ3n) is 1.43. The van der Waals surface area contributed by atoms with Gasteiger partial charge in [-0.25, -0.2) is 10.6 Å². The summed E-state index contributed by atoms with van der Waals surface area (Å²) in [5.41, 5.74) is 1.65. The number of hydrazine groups is 1. The van der Waals surface area contributed by atoms with Crippen LogP contribution >= 0.6 is 0 Å². The normalized spacial score (nSPS) is 9.31. The number of carboxylic acids is 1. The minimum atomic E-state index is -1.19. The topological polar surface area (TPSA) is 105 Å². The Morgan fingerprint density at radius 2 is 2.15 bits per heavy atom. The van der Waals surface area contributed by atoms with Crippen LogP contribution in [-0.2, 0) is 0 Å². The van der Waals surface area contributed by atoms with Gasteiger partial charge in [-0.05, 0) is 6.07 Å². The summed E-state index contributed by atoms with van der Waals surface area (Å²) in [5.74, 6) is 2.98. The van der Waals surface area contributed by atoms with Crippen molar-refractivity contribution >= 4 is 11.9 Å². The van der Waals surface area contributed by atoms with Crippen LogP contribution in [0, 0.1) is 0 Å². The number of aromatic nitrogens is 1. The first kappa shape index (κ1) is 9.14. The van der Waals surface area contributed by atoms with Crippen molar-refractivity contribution in [2.75, 3.05) is 0 Å². The Bertz CT molecular complexity index is 351. The first-order valence-electron chi connectivity index (χ1n) is 3.35. The summed E-state index contributed by atoms with van der Waals surface area (Å²) in [4.78, 5) is 25.2. The zero-order chi connectivity index (χ0) is 9.84. The summed E-state index contributed by atoms with van der Waals surface area (Å²) in [5, 5.41) is 8.66. The molecule has 0 bridgehead atoms. The minimum absolute atomic E-state index is 0.0579. The Morgan fingerprint density at radius 1 is 1.46 bits per heavy atom. The fourth-order valence-electron chi connectivity index (χ4n) is 0.840. The van der Waals surface area contributed by atoms with Crippen molar-refractivity contribution in [1.29, 1.82) is 0 Å². The molecule has 0 aliphatic rings. The molecule has 1 amide bonds. The first-order chi connectivity index (χ1) is 6.16. The largest absolute Gasteiger partial charge is 0.478 e. The fraction of sp³-hybridized carbons (Fsp3) is 0. The average molecular weight is 181 g/mol. The number of pyridine rings is 1. The number of carbonyl (C=O) groups excluding carboxylic acids is 1. The predicted molar refractivity (Wildman–Crippen MR) is 42.8 cm³/mol. The number of carbonyl (C=O) groups is 2. The van der Waals surface area contributed by atoms with Crippen molar-refractivity contribution in [1.82, 2.24) is 10.4 Å². The van der Waals surface area contributed by atoms with Crippen LogP contribution in [0.25, 0.3) is 0 Å². The lowest BCUT2D eigenvalue weighted by Gasteiger charge is -2.01. The van der Waals surface area contributed by atoms with E-state index in [2.05, 4.69) is 4.98 Å². The van der Waals surface area contributed by atoms with E-state index >= 15 is 0 Å². The standard InChI is InChI=1S/C7H7N3O3/c8-10-6(11)5-3-9-2-1-4(5)7(12)13/h1-3H,8H2,(H,10,11)(H,12,13). The highest BCUT2D eigenvalue weighted by Crippen LogP contribution is 2.05. The molecule has 0 aliphatic heterocycles. The number of nitrogens with one attached hydrogen (secondary N) is 1. The Kier molecular flexibility index (Phi) is 2.56. The summed E-state index contributed by atoms with van der Waals surface area (Å²) in [6.45, 7) is 0. The van der Waals surface area contributed by atoms with Crippen LogP contribution in [0.4, 0.5) is 0 Å². The smallest absolute Gasteiger partial charge is 0.336 e. The van der Waals surface area contributed by atoms with Crippen LogP contribution in [-0.4, -0.2) is 22.0 Å². The molecule has 1 heterocycles. The summed E-state index contributed by atoms with van der Waals surface area (Å²) >= 11 is 0. The highest BCUT2D eigenvalue weighted by Gasteiger charge is 2.14. The Labute approximate surface area is 73.4 Å². The molecule has 0 aromatic carbocycles. The zero-order valence-corrected chi connectivity index (χ0v) is 6.52. The van der Waals surface area contributed by atoms with Crippen LogP contribution in [0.2, 0.25) is 0 Å². The number of amides is 1. The quantitative estimate of drug-likeness (QED) is 0.320. The minimum Gasteiger partial charge on any atom is -0.478 e. The zero-order valence-electron chi connectivity index (χ0n) is 6.52. The van der Waals surface area contributed by atoms with Crippen molar-refractivity contribution in [3.05, 3.63) is 29.6 Å². The van der Waals surface area contributed by atoms with Gasteiger partial charge < -0.3 is 5.11 Å². The molecule has 1 rings (SSSR count). The number of nitrogens with zero attached hydrogens (tertiary/aromatic N) is 1. The summed E-state index contributed by atoms with van der Waals surface area (Å²) in [7, 11) is 0. The number of carboxylic acid groups (broad SMARTS) is 1. The summed E-state index contributed by atoms with van der Waals surface area (Å²) in [6.07, 6.45) is 2.43. The molecule has 0 radical (unpaired) electrons. The fourth-order valence-corrected chi connectivity index (χ4v) is 0.840. The molecule has 6 nitrogen and oxygen atoms in total. The summed E-state index contributed by atoms with van der Waals surface area (Å²) in [6, 6.07) is 1.23. The van der Waals surface area contributed by atoms with E-state index in [4.69, 9.17) is 10.9 Å². The van der Waals surface area contributed by atoms with Crippen LogP contribution in [0.5, 0.6) is 0 Å². The second-order valence-electron chi connectivity index (χ2n) is 2.20.